The summed E-state index contributed by atoms with van der Waals surface area (Å²) in [4.78, 5) is 2.36. The Bertz CT molecular complexity index is 368. The summed E-state index contributed by atoms with van der Waals surface area (Å²) in [6.07, 6.45) is 1.20. The highest BCUT2D eigenvalue weighted by atomic mass is 16.5. The van der Waals surface area contributed by atoms with Gasteiger partial charge in [-0.3, -0.25) is 4.90 Å². The number of hydrogen-bond donors (Lipinski definition) is 1. The summed E-state index contributed by atoms with van der Waals surface area (Å²) in [5.41, 5.74) is 8.53. The second-order valence-corrected chi connectivity index (χ2v) is 5.34. The van der Waals surface area contributed by atoms with Gasteiger partial charge in [0.1, 0.15) is 0 Å². The molecule has 0 amide bonds. The molecule has 19 heavy (non-hydrogen) atoms. The number of ether oxygens (including phenoxy) is 1. The average Bonchev–Trinajstić information content (AvgIpc) is 2.41. The maximum Gasteiger partial charge on any atom is 0.0716 e. The number of rotatable bonds is 8. The van der Waals surface area contributed by atoms with Crippen molar-refractivity contribution in [2.45, 2.75) is 32.9 Å². The lowest BCUT2D eigenvalue weighted by molar-refractivity contribution is 0.177. The summed E-state index contributed by atoms with van der Waals surface area (Å²) in [7, 11) is 3.89. The maximum absolute atomic E-state index is 6.01. The molecule has 0 aromatic heterocycles. The van der Waals surface area contributed by atoms with Crippen LogP contribution < -0.4 is 5.73 Å². The van der Waals surface area contributed by atoms with Gasteiger partial charge in [-0.25, -0.2) is 0 Å². The van der Waals surface area contributed by atoms with Crippen LogP contribution in [-0.2, 0) is 11.3 Å². The number of methoxy groups -OCH3 is 1. The molecule has 2 unspecified atom stereocenters. The second kappa shape index (κ2) is 8.31. The predicted molar refractivity (Wildman–Crippen MR) is 81.0 cm³/mol. The highest BCUT2D eigenvalue weighted by Gasteiger charge is 2.19. The summed E-state index contributed by atoms with van der Waals surface area (Å²) in [5, 5.41) is 0. The van der Waals surface area contributed by atoms with Crippen molar-refractivity contribution in [2.24, 2.45) is 11.7 Å². The van der Waals surface area contributed by atoms with Gasteiger partial charge in [0.05, 0.1) is 6.61 Å². The number of nitrogens with zero attached hydrogens (tertiary/aromatic N) is 1. The Hall–Kier alpha value is -0.900. The zero-order valence-electron chi connectivity index (χ0n) is 12.7. The zero-order valence-corrected chi connectivity index (χ0v) is 12.7. The number of benzene rings is 1. The van der Waals surface area contributed by atoms with Gasteiger partial charge in [0, 0.05) is 26.2 Å². The van der Waals surface area contributed by atoms with E-state index in [1.165, 1.54) is 17.5 Å². The Labute approximate surface area is 117 Å². The Morgan fingerprint density at radius 1 is 1.32 bits per heavy atom. The molecule has 0 radical (unpaired) electrons. The smallest absolute Gasteiger partial charge is 0.0716 e. The molecule has 1 rings (SSSR count). The summed E-state index contributed by atoms with van der Waals surface area (Å²) in [5.74, 6) is 0.689. The Balaban J connectivity index is 2.89. The van der Waals surface area contributed by atoms with Gasteiger partial charge in [-0.2, -0.15) is 0 Å². The summed E-state index contributed by atoms with van der Waals surface area (Å²) >= 11 is 0. The molecule has 0 aliphatic carbocycles. The first kappa shape index (κ1) is 16.2. The van der Waals surface area contributed by atoms with Crippen molar-refractivity contribution in [2.75, 3.05) is 27.2 Å². The van der Waals surface area contributed by atoms with Crippen LogP contribution >= 0.6 is 0 Å². The van der Waals surface area contributed by atoms with E-state index in [1.807, 2.05) is 0 Å². The normalized spacial score (nSPS) is 14.6. The molecule has 0 bridgehead atoms. The Morgan fingerprint density at radius 3 is 2.58 bits per heavy atom. The summed E-state index contributed by atoms with van der Waals surface area (Å²) < 4.78 is 5.29. The first-order chi connectivity index (χ1) is 9.13. The van der Waals surface area contributed by atoms with E-state index in [2.05, 4.69) is 50.1 Å². The third kappa shape index (κ3) is 4.60. The molecule has 0 saturated carbocycles. The summed E-state index contributed by atoms with van der Waals surface area (Å²) in [6.45, 7) is 6.86. The van der Waals surface area contributed by atoms with E-state index in [1.54, 1.807) is 7.11 Å². The molecular formula is C16H28N2O. The first-order valence-electron chi connectivity index (χ1n) is 7.11. The van der Waals surface area contributed by atoms with Gasteiger partial charge in [-0.15, -0.1) is 0 Å². The van der Waals surface area contributed by atoms with Crippen LogP contribution in [0.15, 0.2) is 24.3 Å². The van der Waals surface area contributed by atoms with Crippen LogP contribution in [0.2, 0.25) is 0 Å². The largest absolute Gasteiger partial charge is 0.380 e. The standard InChI is InChI=1S/C16H28N2O/c1-5-13(2)11-18(3)16(10-17)15-9-7-6-8-14(15)12-19-4/h6-9,13,16H,5,10-12,17H2,1-4H3. The van der Waals surface area contributed by atoms with Crippen molar-refractivity contribution < 1.29 is 4.74 Å². The molecule has 0 spiro atoms. The van der Waals surface area contributed by atoms with Gasteiger partial charge >= 0.3 is 0 Å². The minimum Gasteiger partial charge on any atom is -0.380 e. The molecule has 108 valence electrons. The van der Waals surface area contributed by atoms with E-state index in [0.717, 1.165) is 6.54 Å². The zero-order chi connectivity index (χ0) is 14.3. The third-order valence-corrected chi connectivity index (χ3v) is 3.77. The molecular weight excluding hydrogens is 236 g/mol. The van der Waals surface area contributed by atoms with Crippen molar-refractivity contribution in [3.63, 3.8) is 0 Å². The topological polar surface area (TPSA) is 38.5 Å². The van der Waals surface area contributed by atoms with Gasteiger partial charge in [-0.05, 0) is 24.1 Å². The summed E-state index contributed by atoms with van der Waals surface area (Å²) in [6, 6.07) is 8.69. The minimum atomic E-state index is 0.264. The van der Waals surface area contributed by atoms with Crippen molar-refractivity contribution in [1.82, 2.24) is 4.90 Å². The minimum absolute atomic E-state index is 0.264. The van der Waals surface area contributed by atoms with E-state index < -0.39 is 0 Å². The van der Waals surface area contributed by atoms with Crippen LogP contribution in [0, 0.1) is 5.92 Å². The van der Waals surface area contributed by atoms with E-state index in [-0.39, 0.29) is 6.04 Å². The van der Waals surface area contributed by atoms with Crippen LogP contribution in [0.5, 0.6) is 0 Å². The van der Waals surface area contributed by atoms with Gasteiger partial charge in [0.25, 0.3) is 0 Å². The van der Waals surface area contributed by atoms with Crippen LogP contribution in [0.1, 0.15) is 37.4 Å². The van der Waals surface area contributed by atoms with Gasteiger partial charge in [-0.1, -0.05) is 44.5 Å². The van der Waals surface area contributed by atoms with Crippen LogP contribution in [-0.4, -0.2) is 32.1 Å². The Kier molecular flexibility index (Phi) is 7.06. The second-order valence-electron chi connectivity index (χ2n) is 5.34. The van der Waals surface area contributed by atoms with Gasteiger partial charge in [0.15, 0.2) is 0 Å². The fourth-order valence-corrected chi connectivity index (χ4v) is 2.44. The monoisotopic (exact) mass is 264 g/mol. The lowest BCUT2D eigenvalue weighted by Gasteiger charge is -2.30. The lowest BCUT2D eigenvalue weighted by Crippen LogP contribution is -2.34. The SMILES string of the molecule is CCC(C)CN(C)C(CN)c1ccccc1COC. The van der Waals surface area contributed by atoms with E-state index in [4.69, 9.17) is 10.5 Å². The average molecular weight is 264 g/mol. The fourth-order valence-electron chi connectivity index (χ4n) is 2.44. The van der Waals surface area contributed by atoms with Crippen LogP contribution in [0.25, 0.3) is 0 Å². The molecule has 3 heteroatoms. The van der Waals surface area contributed by atoms with Gasteiger partial charge in [0.2, 0.25) is 0 Å². The molecule has 1 aromatic rings. The Morgan fingerprint density at radius 2 is 2.00 bits per heavy atom. The molecule has 0 fully saturated rings. The molecule has 0 aliphatic heterocycles. The van der Waals surface area contributed by atoms with Crippen molar-refractivity contribution in [3.05, 3.63) is 35.4 Å². The molecule has 0 saturated heterocycles. The fraction of sp³-hybridized carbons (Fsp3) is 0.625. The van der Waals surface area contributed by atoms with Crippen molar-refractivity contribution in [3.8, 4) is 0 Å². The highest BCUT2D eigenvalue weighted by Crippen LogP contribution is 2.24. The quantitative estimate of drug-likeness (QED) is 0.784. The van der Waals surface area contributed by atoms with E-state index in [0.29, 0.717) is 19.1 Å². The van der Waals surface area contributed by atoms with Crippen LogP contribution in [0.4, 0.5) is 0 Å². The van der Waals surface area contributed by atoms with Crippen molar-refractivity contribution >= 4 is 0 Å². The van der Waals surface area contributed by atoms with E-state index >= 15 is 0 Å². The first-order valence-corrected chi connectivity index (χ1v) is 7.11. The third-order valence-electron chi connectivity index (χ3n) is 3.77. The number of likely N-dealkylation sites (N-methyl/N-ethyl adjacent to an activating group) is 1. The van der Waals surface area contributed by atoms with E-state index in [9.17, 15) is 0 Å². The number of nitrogens with two attached hydrogens (primary N) is 1. The van der Waals surface area contributed by atoms with Gasteiger partial charge < -0.3 is 10.5 Å². The molecule has 3 nitrogen and oxygen atoms in total. The predicted octanol–water partition coefficient (Wildman–Crippen LogP) is 2.81. The maximum atomic E-state index is 6.01. The molecule has 0 aliphatic rings. The van der Waals surface area contributed by atoms with Crippen molar-refractivity contribution in [1.29, 1.82) is 0 Å². The lowest BCUT2D eigenvalue weighted by atomic mass is 9.98. The molecule has 2 atom stereocenters. The molecule has 0 heterocycles. The highest BCUT2D eigenvalue weighted by molar-refractivity contribution is 5.30. The van der Waals surface area contributed by atoms with Crippen LogP contribution in [0.3, 0.4) is 0 Å². The molecule has 1 aromatic carbocycles. The molecule has 2 N–H and O–H groups in total. The number of hydrogen-bond acceptors (Lipinski definition) is 3.